The van der Waals surface area contributed by atoms with Gasteiger partial charge in [0.25, 0.3) is 0 Å². The van der Waals surface area contributed by atoms with E-state index in [1.54, 1.807) is 0 Å². The Hall–Kier alpha value is -3.30. The van der Waals surface area contributed by atoms with Gasteiger partial charge in [0.2, 0.25) is 0 Å². The van der Waals surface area contributed by atoms with E-state index < -0.39 is 0 Å². The van der Waals surface area contributed by atoms with Crippen LogP contribution in [0.1, 0.15) is 24.0 Å². The molecule has 0 spiro atoms. The summed E-state index contributed by atoms with van der Waals surface area (Å²) in [4.78, 5) is 19.2. The summed E-state index contributed by atoms with van der Waals surface area (Å²) >= 11 is 0. The lowest BCUT2D eigenvalue weighted by Gasteiger charge is -2.27. The van der Waals surface area contributed by atoms with E-state index in [0.29, 0.717) is 24.7 Å². The molecule has 6 heteroatoms. The van der Waals surface area contributed by atoms with Gasteiger partial charge in [-0.2, -0.15) is 5.26 Å². The Morgan fingerprint density at radius 2 is 1.97 bits per heavy atom. The third-order valence-corrected chi connectivity index (χ3v) is 6.24. The van der Waals surface area contributed by atoms with E-state index in [0.717, 1.165) is 30.8 Å². The third-order valence-electron chi connectivity index (χ3n) is 6.24. The van der Waals surface area contributed by atoms with Crippen molar-refractivity contribution in [1.82, 2.24) is 9.80 Å². The normalized spacial score (nSPS) is 18.6. The molecule has 0 aliphatic carbocycles. The van der Waals surface area contributed by atoms with Crippen LogP contribution in [0.15, 0.2) is 54.6 Å². The van der Waals surface area contributed by atoms with Crippen molar-refractivity contribution in [1.29, 1.82) is 5.26 Å². The number of benzene rings is 2. The van der Waals surface area contributed by atoms with E-state index in [9.17, 15) is 4.79 Å². The maximum Gasteiger partial charge on any atom is 0.322 e. The Labute approximate surface area is 184 Å². The van der Waals surface area contributed by atoms with Gasteiger partial charge in [-0.1, -0.05) is 18.2 Å². The van der Waals surface area contributed by atoms with Gasteiger partial charge in [-0.3, -0.25) is 0 Å². The Kier molecular flexibility index (Phi) is 6.24. The molecule has 2 amide bonds. The monoisotopic (exact) mass is 415 g/mol. The van der Waals surface area contributed by atoms with Gasteiger partial charge in [0.15, 0.2) is 0 Å². The molecule has 2 aromatic carbocycles. The number of urea groups is 1. The van der Waals surface area contributed by atoms with Crippen molar-refractivity contribution in [2.45, 2.75) is 18.9 Å². The SMILES string of the molecule is CN(C)C1CCN(c2ccc(NC(=O)N3CC=C(c4cccc(C#N)c4)CC3)cc2)C1. The minimum absolute atomic E-state index is 0.0809. The van der Waals surface area contributed by atoms with E-state index in [-0.39, 0.29) is 6.03 Å². The molecule has 1 unspecified atom stereocenters. The number of rotatable bonds is 4. The van der Waals surface area contributed by atoms with Crippen LogP contribution < -0.4 is 10.2 Å². The molecule has 6 nitrogen and oxygen atoms in total. The molecule has 2 aliphatic rings. The Morgan fingerprint density at radius 3 is 2.61 bits per heavy atom. The second-order valence-corrected chi connectivity index (χ2v) is 8.45. The van der Waals surface area contributed by atoms with Gasteiger partial charge < -0.3 is 20.0 Å². The maximum atomic E-state index is 12.7. The Morgan fingerprint density at radius 1 is 1.16 bits per heavy atom. The van der Waals surface area contributed by atoms with Gasteiger partial charge in [0.1, 0.15) is 0 Å². The molecule has 160 valence electrons. The summed E-state index contributed by atoms with van der Waals surface area (Å²) in [5.41, 5.74) is 4.93. The van der Waals surface area contributed by atoms with Crippen LogP contribution in [0.3, 0.4) is 0 Å². The van der Waals surface area contributed by atoms with E-state index in [1.165, 1.54) is 17.7 Å². The molecule has 1 fully saturated rings. The summed E-state index contributed by atoms with van der Waals surface area (Å²) in [6.45, 7) is 3.33. The first-order valence-corrected chi connectivity index (χ1v) is 10.8. The van der Waals surface area contributed by atoms with Crippen molar-refractivity contribution in [3.63, 3.8) is 0 Å². The number of anilines is 2. The molecule has 2 heterocycles. The van der Waals surface area contributed by atoms with E-state index >= 15 is 0 Å². The molecule has 0 radical (unpaired) electrons. The predicted octanol–water partition coefficient (Wildman–Crippen LogP) is 4.02. The first-order chi connectivity index (χ1) is 15.0. The summed E-state index contributed by atoms with van der Waals surface area (Å²) in [7, 11) is 4.27. The van der Waals surface area contributed by atoms with Gasteiger partial charge in [0.05, 0.1) is 11.6 Å². The second-order valence-electron chi connectivity index (χ2n) is 8.45. The topological polar surface area (TPSA) is 62.6 Å². The van der Waals surface area contributed by atoms with E-state index in [1.807, 2.05) is 41.3 Å². The van der Waals surface area contributed by atoms with Crippen molar-refractivity contribution in [2.24, 2.45) is 0 Å². The molecule has 0 saturated carbocycles. The largest absolute Gasteiger partial charge is 0.370 e. The van der Waals surface area contributed by atoms with Gasteiger partial charge in [-0.15, -0.1) is 0 Å². The van der Waals surface area contributed by atoms with Crippen molar-refractivity contribution >= 4 is 23.0 Å². The van der Waals surface area contributed by atoms with Gasteiger partial charge in [-0.25, -0.2) is 4.79 Å². The number of likely N-dealkylation sites (N-methyl/N-ethyl adjacent to an activating group) is 1. The summed E-state index contributed by atoms with van der Waals surface area (Å²) in [6.07, 6.45) is 4.04. The molecule has 31 heavy (non-hydrogen) atoms. The summed E-state index contributed by atoms with van der Waals surface area (Å²) in [5.74, 6) is 0. The minimum Gasteiger partial charge on any atom is -0.370 e. The van der Waals surface area contributed by atoms with Crippen LogP contribution >= 0.6 is 0 Å². The summed E-state index contributed by atoms with van der Waals surface area (Å²) in [6, 6.07) is 18.5. The first kappa shape index (κ1) is 21.0. The lowest BCUT2D eigenvalue weighted by Crippen LogP contribution is -2.37. The maximum absolute atomic E-state index is 12.7. The third kappa shape index (κ3) is 4.89. The minimum atomic E-state index is -0.0809. The van der Waals surface area contributed by atoms with Crippen molar-refractivity contribution in [2.75, 3.05) is 50.5 Å². The quantitative estimate of drug-likeness (QED) is 0.819. The lowest BCUT2D eigenvalue weighted by atomic mass is 9.98. The molecular formula is C25H29N5O. The number of hydrogen-bond acceptors (Lipinski definition) is 4. The standard InChI is InChI=1S/C25H29N5O/c1-28(2)24-12-15-30(18-24)23-8-6-22(7-9-23)27-25(31)29-13-10-20(11-14-29)21-5-3-4-19(16-21)17-26/h3-10,16,24H,11-15,18H2,1-2H3,(H,27,31). The number of nitrogens with zero attached hydrogens (tertiary/aromatic N) is 4. The van der Waals surface area contributed by atoms with Crippen molar-refractivity contribution in [3.05, 3.63) is 65.7 Å². The van der Waals surface area contributed by atoms with E-state index in [4.69, 9.17) is 5.26 Å². The van der Waals surface area contributed by atoms with Crippen LogP contribution in [-0.4, -0.2) is 62.1 Å². The molecule has 1 atom stereocenters. The second kappa shape index (κ2) is 9.23. The fraction of sp³-hybridized carbons (Fsp3) is 0.360. The van der Waals surface area contributed by atoms with Crippen LogP contribution in [0.2, 0.25) is 0 Å². The number of nitrogens with one attached hydrogen (secondary N) is 1. The van der Waals surface area contributed by atoms with Crippen LogP contribution in [0.25, 0.3) is 5.57 Å². The lowest BCUT2D eigenvalue weighted by molar-refractivity contribution is 0.217. The molecular weight excluding hydrogens is 386 g/mol. The van der Waals surface area contributed by atoms with E-state index in [2.05, 4.69) is 53.5 Å². The van der Waals surface area contributed by atoms with Crippen LogP contribution in [0.5, 0.6) is 0 Å². The first-order valence-electron chi connectivity index (χ1n) is 10.8. The number of nitriles is 1. The number of hydrogen-bond donors (Lipinski definition) is 1. The molecule has 2 aromatic rings. The number of carbonyl (C=O) groups excluding carboxylic acids is 1. The predicted molar refractivity (Wildman–Crippen MR) is 125 cm³/mol. The highest BCUT2D eigenvalue weighted by atomic mass is 16.2. The average molecular weight is 416 g/mol. The average Bonchev–Trinajstić information content (AvgIpc) is 3.30. The highest BCUT2D eigenvalue weighted by Crippen LogP contribution is 2.25. The molecule has 4 rings (SSSR count). The zero-order valence-corrected chi connectivity index (χ0v) is 18.2. The highest BCUT2D eigenvalue weighted by Gasteiger charge is 2.24. The van der Waals surface area contributed by atoms with Crippen LogP contribution in [0, 0.1) is 11.3 Å². The Balaban J connectivity index is 1.33. The van der Waals surface area contributed by atoms with Crippen LogP contribution in [-0.2, 0) is 0 Å². The zero-order valence-electron chi connectivity index (χ0n) is 18.2. The van der Waals surface area contributed by atoms with Crippen molar-refractivity contribution in [3.8, 4) is 6.07 Å². The smallest absolute Gasteiger partial charge is 0.322 e. The van der Waals surface area contributed by atoms with Gasteiger partial charge in [-0.05, 0) is 74.5 Å². The zero-order chi connectivity index (χ0) is 21.8. The summed E-state index contributed by atoms with van der Waals surface area (Å²) in [5, 5.41) is 12.1. The molecule has 1 N–H and O–H groups in total. The fourth-order valence-corrected chi connectivity index (χ4v) is 4.26. The number of amides is 2. The molecule has 1 saturated heterocycles. The molecule has 0 aromatic heterocycles. The van der Waals surface area contributed by atoms with Crippen LogP contribution in [0.4, 0.5) is 16.2 Å². The van der Waals surface area contributed by atoms with Gasteiger partial charge >= 0.3 is 6.03 Å². The Bertz CT molecular complexity index is 1010. The van der Waals surface area contributed by atoms with Crippen molar-refractivity contribution < 1.29 is 4.79 Å². The van der Waals surface area contributed by atoms with Gasteiger partial charge in [0, 0.05) is 43.6 Å². The summed E-state index contributed by atoms with van der Waals surface area (Å²) < 4.78 is 0. The highest BCUT2D eigenvalue weighted by molar-refractivity contribution is 5.90. The molecule has 0 bridgehead atoms. The molecule has 2 aliphatic heterocycles. The fourth-order valence-electron chi connectivity index (χ4n) is 4.26. The number of carbonyl (C=O) groups is 1.